The van der Waals surface area contributed by atoms with Crippen LogP contribution in [-0.4, -0.2) is 37.7 Å². The first-order valence-electron chi connectivity index (χ1n) is 20.0. The van der Waals surface area contributed by atoms with E-state index in [9.17, 15) is 0 Å². The van der Waals surface area contributed by atoms with Gasteiger partial charge in [-0.2, -0.15) is 0 Å². The van der Waals surface area contributed by atoms with E-state index >= 15 is 0 Å². The van der Waals surface area contributed by atoms with Crippen LogP contribution in [0.4, 0.5) is 0 Å². The molecule has 1 atom stereocenters. The average Bonchev–Trinajstić information content (AvgIpc) is 3.03. The van der Waals surface area contributed by atoms with Crippen LogP contribution in [0, 0.1) is 0 Å². The zero-order valence-electron chi connectivity index (χ0n) is 31.4. The summed E-state index contributed by atoms with van der Waals surface area (Å²) in [4.78, 5) is 2.28. The fourth-order valence-corrected chi connectivity index (χ4v) is 5.84. The molecule has 2 heteroatoms. The number of hydrogen-bond donors (Lipinski definition) is 0. The molecule has 0 saturated heterocycles. The summed E-state index contributed by atoms with van der Waals surface area (Å²) >= 11 is 0. The van der Waals surface area contributed by atoms with Crippen LogP contribution in [-0.2, 0) is 4.74 Å². The van der Waals surface area contributed by atoms with Gasteiger partial charge in [0.15, 0.2) is 0 Å². The molecule has 0 bridgehead atoms. The summed E-state index contributed by atoms with van der Waals surface area (Å²) in [7, 11) is 4.33. The molecule has 0 aromatic carbocycles. The Hall–Kier alpha value is -1.12. The molecule has 0 aromatic rings. The molecule has 2 nitrogen and oxygen atoms in total. The van der Waals surface area contributed by atoms with Gasteiger partial charge in [-0.1, -0.05) is 152 Å². The summed E-state index contributed by atoms with van der Waals surface area (Å²) in [6.45, 7) is 7.94. The van der Waals surface area contributed by atoms with Crippen LogP contribution in [0.3, 0.4) is 0 Å². The molecule has 0 amide bonds. The molecule has 0 aliphatic heterocycles. The molecular weight excluding hydrogens is 546 g/mol. The Labute approximate surface area is 284 Å². The molecule has 0 saturated carbocycles. The van der Waals surface area contributed by atoms with E-state index in [0.717, 1.165) is 25.8 Å². The van der Waals surface area contributed by atoms with Crippen molar-refractivity contribution < 1.29 is 4.74 Å². The number of nitrogens with zero attached hydrogens (tertiary/aromatic N) is 1. The zero-order chi connectivity index (χ0) is 32.9. The summed E-state index contributed by atoms with van der Waals surface area (Å²) in [6, 6.07) is 0. The lowest BCUT2D eigenvalue weighted by Gasteiger charge is -2.24. The standard InChI is InChI=1S/C43H81NO/c1-6-8-10-12-14-16-18-20-22-24-26-28-30-32-34-36-38-43(45-42(3)40-41-44(4)5)39-37-35-33-31-29-27-25-23-21-19-17-15-13-11-9-7-2/h14-17,20-23,42-43H,6-13,18-19,24-41H2,1-5H3/b16-14-,17-15-,22-20-,23-21-. The predicted octanol–water partition coefficient (Wildman–Crippen LogP) is 14.1. The molecule has 0 aliphatic rings. The van der Waals surface area contributed by atoms with Crippen molar-refractivity contribution >= 4 is 0 Å². The lowest BCUT2D eigenvalue weighted by molar-refractivity contribution is -0.0193. The lowest BCUT2D eigenvalue weighted by atomic mass is 10.0. The normalized spacial score (nSPS) is 13.3. The monoisotopic (exact) mass is 628 g/mol. The van der Waals surface area contributed by atoms with Crippen molar-refractivity contribution in [2.45, 2.75) is 206 Å². The van der Waals surface area contributed by atoms with Gasteiger partial charge in [-0.25, -0.2) is 0 Å². The topological polar surface area (TPSA) is 12.5 Å². The molecular formula is C43H81NO. The van der Waals surface area contributed by atoms with E-state index in [4.69, 9.17) is 4.74 Å². The summed E-state index contributed by atoms with van der Waals surface area (Å²) in [5.41, 5.74) is 0. The van der Waals surface area contributed by atoms with Crippen molar-refractivity contribution in [3.05, 3.63) is 48.6 Å². The minimum absolute atomic E-state index is 0.367. The Morgan fingerprint density at radius 3 is 1.18 bits per heavy atom. The molecule has 0 radical (unpaired) electrons. The fraction of sp³-hybridized carbons (Fsp3) is 0.814. The van der Waals surface area contributed by atoms with Gasteiger partial charge in [0.1, 0.15) is 0 Å². The molecule has 0 N–H and O–H groups in total. The second-order valence-electron chi connectivity index (χ2n) is 13.9. The van der Waals surface area contributed by atoms with Gasteiger partial charge in [-0.3, -0.25) is 0 Å². The minimum Gasteiger partial charge on any atom is -0.375 e. The third-order valence-electron chi connectivity index (χ3n) is 8.86. The molecule has 0 rings (SSSR count). The van der Waals surface area contributed by atoms with Gasteiger partial charge in [-0.05, 0) is 111 Å². The van der Waals surface area contributed by atoms with E-state index < -0.39 is 0 Å². The highest BCUT2D eigenvalue weighted by Crippen LogP contribution is 2.19. The smallest absolute Gasteiger partial charge is 0.0578 e. The highest BCUT2D eigenvalue weighted by atomic mass is 16.5. The number of rotatable bonds is 35. The van der Waals surface area contributed by atoms with E-state index in [0.29, 0.717) is 12.2 Å². The Morgan fingerprint density at radius 2 is 0.800 bits per heavy atom. The zero-order valence-corrected chi connectivity index (χ0v) is 31.4. The fourth-order valence-electron chi connectivity index (χ4n) is 5.84. The Bertz CT molecular complexity index is 627. The largest absolute Gasteiger partial charge is 0.375 e. The van der Waals surface area contributed by atoms with Gasteiger partial charge in [-0.15, -0.1) is 0 Å². The van der Waals surface area contributed by atoms with Crippen molar-refractivity contribution in [2.75, 3.05) is 20.6 Å². The quantitative estimate of drug-likeness (QED) is 0.0512. The second-order valence-corrected chi connectivity index (χ2v) is 13.9. The summed E-state index contributed by atoms with van der Waals surface area (Å²) < 4.78 is 6.60. The van der Waals surface area contributed by atoms with Crippen LogP contribution >= 0.6 is 0 Å². The molecule has 0 spiro atoms. The van der Waals surface area contributed by atoms with Crippen molar-refractivity contribution in [3.63, 3.8) is 0 Å². The van der Waals surface area contributed by atoms with Crippen LogP contribution in [0.2, 0.25) is 0 Å². The van der Waals surface area contributed by atoms with Crippen LogP contribution in [0.1, 0.15) is 194 Å². The van der Waals surface area contributed by atoms with E-state index in [1.807, 2.05) is 0 Å². The van der Waals surface area contributed by atoms with E-state index in [-0.39, 0.29) is 0 Å². The third-order valence-corrected chi connectivity index (χ3v) is 8.86. The molecule has 0 fully saturated rings. The van der Waals surface area contributed by atoms with E-state index in [2.05, 4.69) is 88.4 Å². The molecule has 0 aromatic heterocycles. The summed E-state index contributed by atoms with van der Waals surface area (Å²) in [5.74, 6) is 0. The number of allylic oxidation sites excluding steroid dienone is 8. The summed E-state index contributed by atoms with van der Waals surface area (Å²) in [5, 5.41) is 0. The maximum atomic E-state index is 6.60. The second kappa shape index (κ2) is 37.3. The highest BCUT2D eigenvalue weighted by Gasteiger charge is 2.13. The van der Waals surface area contributed by atoms with Gasteiger partial charge in [0.25, 0.3) is 0 Å². The number of ether oxygens (including phenoxy) is 1. The third kappa shape index (κ3) is 37.2. The minimum atomic E-state index is 0.367. The first kappa shape index (κ1) is 43.9. The Morgan fingerprint density at radius 1 is 0.444 bits per heavy atom. The van der Waals surface area contributed by atoms with E-state index in [1.165, 1.54) is 154 Å². The molecule has 0 heterocycles. The first-order chi connectivity index (χ1) is 22.1. The van der Waals surface area contributed by atoms with Crippen molar-refractivity contribution in [1.82, 2.24) is 4.90 Å². The van der Waals surface area contributed by atoms with Gasteiger partial charge in [0.05, 0.1) is 12.2 Å². The maximum absolute atomic E-state index is 6.60. The molecule has 45 heavy (non-hydrogen) atoms. The van der Waals surface area contributed by atoms with Crippen LogP contribution in [0.25, 0.3) is 0 Å². The van der Waals surface area contributed by atoms with E-state index in [1.54, 1.807) is 0 Å². The van der Waals surface area contributed by atoms with Gasteiger partial charge in [0, 0.05) is 0 Å². The SMILES string of the molecule is CCCCC/C=C\C/C=C\CCCCCCCCC(CCCCCCCC/C=C\C/C=C\CCCCC)OC(C)CCN(C)C. The molecule has 1 unspecified atom stereocenters. The Balaban J connectivity index is 3.95. The summed E-state index contributed by atoms with van der Waals surface area (Å²) in [6.07, 6.45) is 55.0. The van der Waals surface area contributed by atoms with Crippen molar-refractivity contribution in [3.8, 4) is 0 Å². The lowest BCUT2D eigenvalue weighted by Crippen LogP contribution is -2.24. The maximum Gasteiger partial charge on any atom is 0.0578 e. The van der Waals surface area contributed by atoms with Gasteiger partial charge < -0.3 is 9.64 Å². The van der Waals surface area contributed by atoms with Crippen molar-refractivity contribution in [2.24, 2.45) is 0 Å². The van der Waals surface area contributed by atoms with Crippen molar-refractivity contribution in [1.29, 1.82) is 0 Å². The van der Waals surface area contributed by atoms with Gasteiger partial charge in [0.2, 0.25) is 0 Å². The Kier molecular flexibility index (Phi) is 36.4. The first-order valence-corrected chi connectivity index (χ1v) is 20.0. The van der Waals surface area contributed by atoms with Crippen LogP contribution in [0.5, 0.6) is 0 Å². The molecule has 264 valence electrons. The van der Waals surface area contributed by atoms with Gasteiger partial charge >= 0.3 is 0 Å². The van der Waals surface area contributed by atoms with Crippen LogP contribution in [0.15, 0.2) is 48.6 Å². The molecule has 0 aliphatic carbocycles. The van der Waals surface area contributed by atoms with Crippen LogP contribution < -0.4 is 0 Å². The highest BCUT2D eigenvalue weighted by molar-refractivity contribution is 4.93. The predicted molar refractivity (Wildman–Crippen MR) is 205 cm³/mol. The number of unbranched alkanes of at least 4 members (excludes halogenated alkanes) is 18. The average molecular weight is 628 g/mol. The number of hydrogen-bond acceptors (Lipinski definition) is 2.